The van der Waals surface area contributed by atoms with Crippen LogP contribution in [0, 0.1) is 5.92 Å². The summed E-state index contributed by atoms with van der Waals surface area (Å²) in [6.07, 6.45) is 3.57. The van der Waals surface area contributed by atoms with Gasteiger partial charge in [-0.15, -0.1) is 10.2 Å². The highest BCUT2D eigenvalue weighted by molar-refractivity contribution is 7.13. The average molecular weight is 347 g/mol. The highest BCUT2D eigenvalue weighted by atomic mass is 32.1. The van der Waals surface area contributed by atoms with Crippen LogP contribution in [0.2, 0.25) is 0 Å². The predicted molar refractivity (Wildman–Crippen MR) is 91.9 cm³/mol. The lowest BCUT2D eigenvalue weighted by molar-refractivity contribution is -0.121. The van der Waals surface area contributed by atoms with Gasteiger partial charge in [0, 0.05) is 12.7 Å². The molecule has 0 saturated carbocycles. The van der Waals surface area contributed by atoms with E-state index in [1.807, 2.05) is 19.1 Å². The predicted octanol–water partition coefficient (Wildman–Crippen LogP) is 2.18. The number of carbonyl (C=O) groups excluding carboxylic acids is 1. The number of anilines is 1. The second kappa shape index (κ2) is 8.16. The Morgan fingerprint density at radius 3 is 3.17 bits per heavy atom. The van der Waals surface area contributed by atoms with Crippen molar-refractivity contribution in [3.05, 3.63) is 29.4 Å². The summed E-state index contributed by atoms with van der Waals surface area (Å²) in [6, 6.07) is 5.49. The van der Waals surface area contributed by atoms with Crippen LogP contribution in [-0.4, -0.2) is 45.7 Å². The standard InChI is InChI=1S/C16H21N5O2S/c1-2-23-16-20-19-14(24-16)11-21-9-5-6-12(10-21)15(22)18-13-7-3-4-8-17-13/h3-4,7-8,12H,2,5-6,9-11H2,1H3,(H,17,18,22)/t12-/m0/s1. The minimum Gasteiger partial charge on any atom is -0.469 e. The SMILES string of the molecule is CCOc1nnc(CN2CCC[C@H](C(=O)Nc3ccccn3)C2)s1. The van der Waals surface area contributed by atoms with E-state index in [2.05, 4.69) is 25.4 Å². The monoisotopic (exact) mass is 347 g/mol. The summed E-state index contributed by atoms with van der Waals surface area (Å²) < 4.78 is 5.36. The third-order valence-electron chi connectivity index (χ3n) is 3.87. The van der Waals surface area contributed by atoms with Crippen molar-refractivity contribution in [2.75, 3.05) is 25.0 Å². The van der Waals surface area contributed by atoms with Gasteiger partial charge in [0.15, 0.2) is 0 Å². The summed E-state index contributed by atoms with van der Waals surface area (Å²) in [5, 5.41) is 12.6. The van der Waals surface area contributed by atoms with Crippen molar-refractivity contribution in [2.24, 2.45) is 5.92 Å². The molecule has 0 bridgehead atoms. The van der Waals surface area contributed by atoms with E-state index < -0.39 is 0 Å². The van der Waals surface area contributed by atoms with Gasteiger partial charge in [-0.05, 0) is 38.4 Å². The quantitative estimate of drug-likeness (QED) is 0.863. The highest BCUT2D eigenvalue weighted by Crippen LogP contribution is 2.23. The molecule has 0 spiro atoms. The number of likely N-dealkylation sites (tertiary alicyclic amines) is 1. The minimum atomic E-state index is -0.0277. The highest BCUT2D eigenvalue weighted by Gasteiger charge is 2.26. The maximum absolute atomic E-state index is 12.4. The van der Waals surface area contributed by atoms with Gasteiger partial charge in [0.2, 0.25) is 5.91 Å². The Labute approximate surface area is 145 Å². The fourth-order valence-electron chi connectivity index (χ4n) is 2.75. The molecule has 0 unspecified atom stereocenters. The topological polar surface area (TPSA) is 80.2 Å². The van der Waals surface area contributed by atoms with Gasteiger partial charge in [-0.25, -0.2) is 4.98 Å². The largest absolute Gasteiger partial charge is 0.469 e. The third kappa shape index (κ3) is 4.48. The second-order valence-corrected chi connectivity index (χ2v) is 6.70. The summed E-state index contributed by atoms with van der Waals surface area (Å²) in [4.78, 5) is 18.8. The van der Waals surface area contributed by atoms with E-state index in [0.29, 0.717) is 24.2 Å². The van der Waals surface area contributed by atoms with Crippen LogP contribution < -0.4 is 10.1 Å². The molecule has 1 aliphatic heterocycles. The van der Waals surface area contributed by atoms with Gasteiger partial charge in [-0.2, -0.15) is 0 Å². The molecule has 8 heteroatoms. The number of ether oxygens (including phenoxy) is 1. The summed E-state index contributed by atoms with van der Waals surface area (Å²) in [5.74, 6) is 0.607. The first-order chi connectivity index (χ1) is 11.7. The molecule has 3 rings (SSSR count). The molecule has 0 radical (unpaired) electrons. The lowest BCUT2D eigenvalue weighted by Gasteiger charge is -2.31. The molecule has 1 N–H and O–H groups in total. The van der Waals surface area contributed by atoms with Crippen molar-refractivity contribution >= 4 is 23.1 Å². The first-order valence-electron chi connectivity index (χ1n) is 8.14. The van der Waals surface area contributed by atoms with E-state index >= 15 is 0 Å². The number of piperidine rings is 1. The molecule has 24 heavy (non-hydrogen) atoms. The number of amides is 1. The van der Waals surface area contributed by atoms with Gasteiger partial charge < -0.3 is 10.1 Å². The van der Waals surface area contributed by atoms with Gasteiger partial charge in [-0.1, -0.05) is 17.4 Å². The van der Waals surface area contributed by atoms with Gasteiger partial charge >= 0.3 is 0 Å². The number of hydrogen-bond donors (Lipinski definition) is 1. The zero-order valence-electron chi connectivity index (χ0n) is 13.6. The Hall–Kier alpha value is -2.06. The minimum absolute atomic E-state index is 0.0277. The molecule has 7 nitrogen and oxygen atoms in total. The molecule has 2 aromatic rings. The smallest absolute Gasteiger partial charge is 0.294 e. The zero-order chi connectivity index (χ0) is 16.8. The number of rotatable bonds is 6. The molecule has 1 amide bonds. The number of carbonyl (C=O) groups is 1. The average Bonchev–Trinajstić information content (AvgIpc) is 3.03. The van der Waals surface area contributed by atoms with Crippen molar-refractivity contribution in [1.82, 2.24) is 20.1 Å². The Morgan fingerprint density at radius 2 is 2.38 bits per heavy atom. The Kier molecular flexibility index (Phi) is 5.71. The molecule has 3 heterocycles. The molecule has 1 aliphatic rings. The molecular weight excluding hydrogens is 326 g/mol. The molecule has 0 aliphatic carbocycles. The summed E-state index contributed by atoms with van der Waals surface area (Å²) in [5.41, 5.74) is 0. The first kappa shape index (κ1) is 16.8. The van der Waals surface area contributed by atoms with E-state index in [-0.39, 0.29) is 11.8 Å². The number of pyridine rings is 1. The van der Waals surface area contributed by atoms with Crippen molar-refractivity contribution in [3.8, 4) is 5.19 Å². The summed E-state index contributed by atoms with van der Waals surface area (Å²) in [7, 11) is 0. The fourth-order valence-corrected chi connectivity index (χ4v) is 3.54. The van der Waals surface area contributed by atoms with Gasteiger partial charge in [0.1, 0.15) is 10.8 Å². The lowest BCUT2D eigenvalue weighted by Crippen LogP contribution is -2.40. The normalized spacial score (nSPS) is 18.3. The fraction of sp³-hybridized carbons (Fsp3) is 0.500. The van der Waals surface area contributed by atoms with Crippen LogP contribution >= 0.6 is 11.3 Å². The van der Waals surface area contributed by atoms with Crippen LogP contribution in [0.25, 0.3) is 0 Å². The van der Waals surface area contributed by atoms with Crippen LogP contribution in [0.4, 0.5) is 5.82 Å². The van der Waals surface area contributed by atoms with E-state index in [9.17, 15) is 4.79 Å². The number of hydrogen-bond acceptors (Lipinski definition) is 7. The van der Waals surface area contributed by atoms with Crippen molar-refractivity contribution in [1.29, 1.82) is 0 Å². The molecule has 2 aromatic heterocycles. The second-order valence-electron chi connectivity index (χ2n) is 5.67. The summed E-state index contributed by atoms with van der Waals surface area (Å²) >= 11 is 1.47. The third-order valence-corrected chi connectivity index (χ3v) is 4.69. The van der Waals surface area contributed by atoms with E-state index in [1.165, 1.54) is 11.3 Å². The number of nitrogens with zero attached hydrogens (tertiary/aromatic N) is 4. The Morgan fingerprint density at radius 1 is 1.46 bits per heavy atom. The van der Waals surface area contributed by atoms with E-state index in [1.54, 1.807) is 12.3 Å². The van der Waals surface area contributed by atoms with Crippen LogP contribution in [-0.2, 0) is 11.3 Å². The van der Waals surface area contributed by atoms with Gasteiger partial charge in [0.25, 0.3) is 5.19 Å². The zero-order valence-corrected chi connectivity index (χ0v) is 14.5. The Bertz CT molecular complexity index is 663. The van der Waals surface area contributed by atoms with E-state index in [0.717, 1.165) is 30.9 Å². The Balaban J connectivity index is 1.54. The maximum Gasteiger partial charge on any atom is 0.294 e. The first-order valence-corrected chi connectivity index (χ1v) is 8.95. The molecule has 1 fully saturated rings. The van der Waals surface area contributed by atoms with Gasteiger partial charge in [0.05, 0.1) is 19.1 Å². The van der Waals surface area contributed by atoms with E-state index in [4.69, 9.17) is 4.74 Å². The molecular formula is C16H21N5O2S. The molecule has 128 valence electrons. The number of aromatic nitrogens is 3. The van der Waals surface area contributed by atoms with Crippen LogP contribution in [0.3, 0.4) is 0 Å². The molecule has 1 saturated heterocycles. The summed E-state index contributed by atoms with van der Waals surface area (Å²) in [6.45, 7) is 4.92. The van der Waals surface area contributed by atoms with Crippen LogP contribution in [0.1, 0.15) is 24.8 Å². The van der Waals surface area contributed by atoms with Crippen LogP contribution in [0.5, 0.6) is 5.19 Å². The lowest BCUT2D eigenvalue weighted by atomic mass is 9.97. The van der Waals surface area contributed by atoms with Crippen LogP contribution in [0.15, 0.2) is 24.4 Å². The van der Waals surface area contributed by atoms with Crippen molar-refractivity contribution < 1.29 is 9.53 Å². The van der Waals surface area contributed by atoms with Crippen molar-refractivity contribution in [3.63, 3.8) is 0 Å². The van der Waals surface area contributed by atoms with Gasteiger partial charge in [-0.3, -0.25) is 9.69 Å². The molecule has 1 atom stereocenters. The van der Waals surface area contributed by atoms with Crippen molar-refractivity contribution in [2.45, 2.75) is 26.3 Å². The number of nitrogens with one attached hydrogen (secondary N) is 1. The molecule has 0 aromatic carbocycles. The maximum atomic E-state index is 12.4.